The zero-order chi connectivity index (χ0) is 18.4. The normalized spacial score (nSPS) is 10.4. The Labute approximate surface area is 145 Å². The highest BCUT2D eigenvalue weighted by Crippen LogP contribution is 2.27. The molecule has 2 rings (SSSR count). The third-order valence-electron chi connectivity index (χ3n) is 3.74. The Balaban J connectivity index is 1.99. The van der Waals surface area contributed by atoms with Crippen LogP contribution in [0.5, 0.6) is 11.5 Å². The number of aliphatic carboxylic acids is 1. The Kier molecular flexibility index (Phi) is 6.05. The third-order valence-corrected chi connectivity index (χ3v) is 3.74. The molecule has 1 heterocycles. The Morgan fingerprint density at radius 3 is 2.56 bits per heavy atom. The Morgan fingerprint density at radius 2 is 1.92 bits per heavy atom. The van der Waals surface area contributed by atoms with Crippen LogP contribution >= 0.6 is 0 Å². The van der Waals surface area contributed by atoms with Gasteiger partial charge >= 0.3 is 5.97 Å². The number of rotatable bonds is 8. The number of carbonyl (C=O) groups excluding carboxylic acids is 1. The lowest BCUT2D eigenvalue weighted by Crippen LogP contribution is -2.27. The third kappa shape index (κ3) is 4.53. The molecule has 2 aromatic rings. The number of amides is 1. The van der Waals surface area contributed by atoms with Gasteiger partial charge in [-0.15, -0.1) is 0 Å². The van der Waals surface area contributed by atoms with Crippen molar-refractivity contribution in [2.45, 2.75) is 19.8 Å². The smallest absolute Gasteiger partial charge is 0.311 e. The molecule has 0 spiro atoms. The molecule has 0 aliphatic heterocycles. The lowest BCUT2D eigenvalue weighted by atomic mass is 10.1. The summed E-state index contributed by atoms with van der Waals surface area (Å²) in [5.41, 5.74) is 1.88. The molecular weight excluding hydrogens is 326 g/mol. The van der Waals surface area contributed by atoms with Crippen molar-refractivity contribution < 1.29 is 28.6 Å². The topological polar surface area (TPSA) is 98.0 Å². The molecule has 0 aliphatic rings. The van der Waals surface area contributed by atoms with E-state index < -0.39 is 5.97 Å². The maximum atomic E-state index is 12.3. The summed E-state index contributed by atoms with van der Waals surface area (Å²) in [6.07, 6.45) is 1.66. The van der Waals surface area contributed by atoms with Crippen LogP contribution in [0.4, 0.5) is 0 Å². The minimum absolute atomic E-state index is 0.161. The van der Waals surface area contributed by atoms with E-state index in [2.05, 4.69) is 5.32 Å². The number of methoxy groups -OCH3 is 2. The number of nitrogens with one attached hydrogen (secondary N) is 1. The number of carboxylic acids is 1. The molecule has 134 valence electrons. The largest absolute Gasteiger partial charge is 0.493 e. The van der Waals surface area contributed by atoms with E-state index in [0.717, 1.165) is 5.56 Å². The van der Waals surface area contributed by atoms with Crippen molar-refractivity contribution in [3.63, 3.8) is 0 Å². The molecule has 25 heavy (non-hydrogen) atoms. The van der Waals surface area contributed by atoms with Gasteiger partial charge in [-0.05, 0) is 31.0 Å². The molecule has 0 fully saturated rings. The van der Waals surface area contributed by atoms with Gasteiger partial charge in [0.2, 0.25) is 0 Å². The first kappa shape index (κ1) is 18.4. The molecule has 0 saturated carbocycles. The molecular formula is C18H21NO6. The number of hydrogen-bond acceptors (Lipinski definition) is 5. The van der Waals surface area contributed by atoms with Gasteiger partial charge in [-0.3, -0.25) is 9.59 Å². The predicted molar refractivity (Wildman–Crippen MR) is 90.4 cm³/mol. The fraction of sp³-hybridized carbons (Fsp3) is 0.333. The van der Waals surface area contributed by atoms with Gasteiger partial charge in [0.1, 0.15) is 12.2 Å². The summed E-state index contributed by atoms with van der Waals surface area (Å²) in [7, 11) is 3.13. The van der Waals surface area contributed by atoms with Gasteiger partial charge in [0.25, 0.3) is 5.91 Å². The molecule has 0 bridgehead atoms. The second-order valence-electron chi connectivity index (χ2n) is 5.48. The fourth-order valence-electron chi connectivity index (χ4n) is 2.52. The highest BCUT2D eigenvalue weighted by atomic mass is 16.5. The molecule has 7 nitrogen and oxygen atoms in total. The van der Waals surface area contributed by atoms with Gasteiger partial charge in [0.05, 0.1) is 26.0 Å². The first-order chi connectivity index (χ1) is 12.0. The number of ether oxygens (including phenoxy) is 2. The molecule has 0 aliphatic carbocycles. The molecule has 0 radical (unpaired) electrons. The maximum absolute atomic E-state index is 12.3. The fourth-order valence-corrected chi connectivity index (χ4v) is 2.52. The Hall–Kier alpha value is -2.96. The van der Waals surface area contributed by atoms with Crippen LogP contribution in [0.2, 0.25) is 0 Å². The van der Waals surface area contributed by atoms with Crippen LogP contribution in [0.1, 0.15) is 27.2 Å². The number of carbonyl (C=O) groups is 2. The van der Waals surface area contributed by atoms with Crippen LogP contribution in [-0.4, -0.2) is 37.7 Å². The number of benzene rings is 1. The van der Waals surface area contributed by atoms with Crippen molar-refractivity contribution in [3.8, 4) is 11.5 Å². The van der Waals surface area contributed by atoms with Crippen LogP contribution in [0, 0.1) is 6.92 Å². The summed E-state index contributed by atoms with van der Waals surface area (Å²) in [6, 6.07) is 5.55. The first-order valence-electron chi connectivity index (χ1n) is 7.74. The zero-order valence-electron chi connectivity index (χ0n) is 14.4. The highest BCUT2D eigenvalue weighted by molar-refractivity contribution is 5.97. The molecule has 0 unspecified atom stereocenters. The quantitative estimate of drug-likeness (QED) is 0.760. The summed E-state index contributed by atoms with van der Waals surface area (Å²) in [4.78, 5) is 23.2. The van der Waals surface area contributed by atoms with E-state index in [1.54, 1.807) is 27.2 Å². The van der Waals surface area contributed by atoms with E-state index >= 15 is 0 Å². The zero-order valence-corrected chi connectivity index (χ0v) is 14.4. The van der Waals surface area contributed by atoms with Gasteiger partial charge in [-0.25, -0.2) is 0 Å². The maximum Gasteiger partial charge on any atom is 0.311 e. The van der Waals surface area contributed by atoms with E-state index in [0.29, 0.717) is 30.0 Å². The van der Waals surface area contributed by atoms with Gasteiger partial charge in [-0.1, -0.05) is 6.07 Å². The van der Waals surface area contributed by atoms with Gasteiger partial charge in [-0.2, -0.15) is 0 Å². The molecule has 1 aromatic carbocycles. The van der Waals surface area contributed by atoms with Gasteiger partial charge in [0.15, 0.2) is 11.5 Å². The minimum atomic E-state index is -1.05. The number of furan rings is 1. The molecule has 0 atom stereocenters. The molecule has 1 aromatic heterocycles. The van der Waals surface area contributed by atoms with Crippen molar-refractivity contribution in [1.29, 1.82) is 0 Å². The number of aryl methyl sites for hydroxylation is 1. The van der Waals surface area contributed by atoms with Crippen molar-refractivity contribution >= 4 is 11.9 Å². The van der Waals surface area contributed by atoms with Crippen LogP contribution in [0.25, 0.3) is 0 Å². The van der Waals surface area contributed by atoms with E-state index in [1.807, 2.05) is 12.1 Å². The molecule has 2 N–H and O–H groups in total. The Morgan fingerprint density at radius 1 is 1.20 bits per heavy atom. The van der Waals surface area contributed by atoms with Crippen molar-refractivity contribution in [2.75, 3.05) is 20.8 Å². The Bertz CT molecular complexity index is 765. The highest BCUT2D eigenvalue weighted by Gasteiger charge is 2.20. The van der Waals surface area contributed by atoms with E-state index in [9.17, 15) is 9.59 Å². The van der Waals surface area contributed by atoms with Crippen LogP contribution in [0.3, 0.4) is 0 Å². The molecule has 7 heteroatoms. The number of carboxylic acid groups (broad SMARTS) is 1. The van der Waals surface area contributed by atoms with Crippen LogP contribution in [0.15, 0.2) is 28.9 Å². The standard InChI is InChI=1S/C18H21NO6/c1-11-10-25-15(9-16(20)21)17(11)18(22)19-7-6-12-4-5-13(23-2)14(8-12)24-3/h4-5,8,10H,6-7,9H2,1-3H3,(H,19,22)(H,20,21). The average molecular weight is 347 g/mol. The second kappa shape index (κ2) is 8.23. The first-order valence-corrected chi connectivity index (χ1v) is 7.74. The SMILES string of the molecule is COc1ccc(CCNC(=O)c2c(C)coc2CC(=O)O)cc1OC. The number of hydrogen-bond donors (Lipinski definition) is 2. The minimum Gasteiger partial charge on any atom is -0.493 e. The van der Waals surface area contributed by atoms with Crippen LogP contribution in [-0.2, 0) is 17.6 Å². The second-order valence-corrected chi connectivity index (χ2v) is 5.48. The monoisotopic (exact) mass is 347 g/mol. The summed E-state index contributed by atoms with van der Waals surface area (Å²) in [6.45, 7) is 2.10. The summed E-state index contributed by atoms with van der Waals surface area (Å²) in [5, 5.41) is 11.7. The van der Waals surface area contributed by atoms with E-state index in [-0.39, 0.29) is 23.7 Å². The average Bonchev–Trinajstić information content (AvgIpc) is 2.94. The van der Waals surface area contributed by atoms with Gasteiger partial charge in [0, 0.05) is 12.1 Å². The van der Waals surface area contributed by atoms with E-state index in [4.69, 9.17) is 19.0 Å². The van der Waals surface area contributed by atoms with Crippen molar-refractivity contribution in [1.82, 2.24) is 5.32 Å². The van der Waals surface area contributed by atoms with E-state index in [1.165, 1.54) is 6.26 Å². The summed E-state index contributed by atoms with van der Waals surface area (Å²) in [5.74, 6) is 0.0358. The van der Waals surface area contributed by atoms with Crippen LogP contribution < -0.4 is 14.8 Å². The lowest BCUT2D eigenvalue weighted by Gasteiger charge is -2.10. The van der Waals surface area contributed by atoms with Crippen molar-refractivity contribution in [2.24, 2.45) is 0 Å². The summed E-state index contributed by atoms with van der Waals surface area (Å²) >= 11 is 0. The van der Waals surface area contributed by atoms with Crippen molar-refractivity contribution in [3.05, 3.63) is 46.9 Å². The predicted octanol–water partition coefficient (Wildman–Crippen LogP) is 2.20. The molecule has 1 amide bonds. The van der Waals surface area contributed by atoms with Gasteiger partial charge < -0.3 is 24.3 Å². The lowest BCUT2D eigenvalue weighted by molar-refractivity contribution is -0.136. The molecule has 0 saturated heterocycles. The summed E-state index contributed by atoms with van der Waals surface area (Å²) < 4.78 is 15.6.